The van der Waals surface area contributed by atoms with E-state index in [1.165, 1.54) is 0 Å². The Morgan fingerprint density at radius 3 is 2.53 bits per heavy atom. The van der Waals surface area contributed by atoms with E-state index in [2.05, 4.69) is 15.5 Å². The molecule has 1 N–H and O–H groups in total. The molecule has 7 heteroatoms. The second-order valence-electron chi connectivity index (χ2n) is 3.03. The van der Waals surface area contributed by atoms with Gasteiger partial charge in [-0.3, -0.25) is 4.84 Å². The van der Waals surface area contributed by atoms with E-state index in [1.54, 1.807) is 13.8 Å². The van der Waals surface area contributed by atoms with Gasteiger partial charge in [0.15, 0.2) is 6.61 Å². The zero-order chi connectivity index (χ0) is 11.5. The Kier molecular flexibility index (Phi) is 3.70. The molecule has 1 aromatic rings. The van der Waals surface area contributed by atoms with Crippen molar-refractivity contribution in [1.29, 1.82) is 0 Å². The summed E-state index contributed by atoms with van der Waals surface area (Å²) in [6, 6.07) is 0. The van der Waals surface area contributed by atoms with Gasteiger partial charge in [0.25, 0.3) is 0 Å². The molecule has 0 amide bonds. The zero-order valence-corrected chi connectivity index (χ0v) is 8.31. The first-order valence-corrected chi connectivity index (χ1v) is 4.23. The molecule has 0 unspecified atom stereocenters. The highest BCUT2D eigenvalue weighted by Crippen LogP contribution is 2.14. The van der Waals surface area contributed by atoms with Gasteiger partial charge >= 0.3 is 6.18 Å². The summed E-state index contributed by atoms with van der Waals surface area (Å²) < 4.78 is 39.9. The highest BCUT2D eigenvalue weighted by Gasteiger charge is 2.27. The third-order valence-electron chi connectivity index (χ3n) is 1.77. The average molecular weight is 224 g/mol. The van der Waals surface area contributed by atoms with E-state index in [0.29, 0.717) is 17.0 Å². The lowest BCUT2D eigenvalue weighted by atomic mass is 10.2. The molecule has 0 aliphatic heterocycles. The molecule has 1 rings (SSSR count). The van der Waals surface area contributed by atoms with Gasteiger partial charge < -0.3 is 4.52 Å². The Labute approximate surface area is 84.3 Å². The number of hydroxylamine groups is 1. The van der Waals surface area contributed by atoms with E-state index in [4.69, 9.17) is 4.52 Å². The molecule has 0 saturated heterocycles. The number of halogens is 3. The van der Waals surface area contributed by atoms with Crippen LogP contribution in [0.4, 0.5) is 13.2 Å². The fourth-order valence-electron chi connectivity index (χ4n) is 1.01. The van der Waals surface area contributed by atoms with Crippen LogP contribution < -0.4 is 5.48 Å². The molecule has 0 spiro atoms. The Morgan fingerprint density at radius 2 is 2.07 bits per heavy atom. The summed E-state index contributed by atoms with van der Waals surface area (Å²) in [6.45, 7) is 2.20. The normalized spacial score (nSPS) is 12.1. The second kappa shape index (κ2) is 4.63. The van der Waals surface area contributed by atoms with Crippen LogP contribution in [0.5, 0.6) is 0 Å². The number of aromatic nitrogens is 1. The van der Waals surface area contributed by atoms with Crippen LogP contribution in [0, 0.1) is 13.8 Å². The van der Waals surface area contributed by atoms with Crippen molar-refractivity contribution in [3.63, 3.8) is 0 Å². The molecule has 0 bridgehead atoms. The first-order valence-electron chi connectivity index (χ1n) is 4.23. The summed E-state index contributed by atoms with van der Waals surface area (Å²) in [4.78, 5) is 4.24. The van der Waals surface area contributed by atoms with Crippen LogP contribution in [-0.2, 0) is 11.4 Å². The van der Waals surface area contributed by atoms with E-state index in [-0.39, 0.29) is 6.54 Å². The van der Waals surface area contributed by atoms with Gasteiger partial charge in [0.2, 0.25) is 0 Å². The fraction of sp³-hybridized carbons (Fsp3) is 0.625. The molecule has 0 aromatic carbocycles. The minimum Gasteiger partial charge on any atom is -0.361 e. The number of nitrogens with one attached hydrogen (secondary N) is 1. The van der Waals surface area contributed by atoms with Gasteiger partial charge in [0, 0.05) is 5.56 Å². The molecule has 0 radical (unpaired) electrons. The Morgan fingerprint density at radius 1 is 1.40 bits per heavy atom. The van der Waals surface area contributed by atoms with Gasteiger partial charge in [-0.25, -0.2) is 0 Å². The number of hydrogen-bond acceptors (Lipinski definition) is 4. The van der Waals surface area contributed by atoms with E-state index >= 15 is 0 Å². The molecule has 1 heterocycles. The number of hydrogen-bond donors (Lipinski definition) is 1. The van der Waals surface area contributed by atoms with Crippen LogP contribution in [0.1, 0.15) is 17.0 Å². The molecule has 0 fully saturated rings. The lowest BCUT2D eigenvalue weighted by Crippen LogP contribution is -2.24. The van der Waals surface area contributed by atoms with Gasteiger partial charge in [-0.15, -0.1) is 0 Å². The van der Waals surface area contributed by atoms with Crippen molar-refractivity contribution < 1.29 is 22.5 Å². The topological polar surface area (TPSA) is 47.3 Å². The highest BCUT2D eigenvalue weighted by molar-refractivity contribution is 5.19. The summed E-state index contributed by atoms with van der Waals surface area (Å²) in [6.07, 6.45) is -4.33. The van der Waals surface area contributed by atoms with Crippen molar-refractivity contribution >= 4 is 0 Å². The van der Waals surface area contributed by atoms with Crippen LogP contribution in [0.15, 0.2) is 4.52 Å². The molecule has 0 saturated carbocycles. The first kappa shape index (κ1) is 12.0. The van der Waals surface area contributed by atoms with Gasteiger partial charge in [-0.1, -0.05) is 5.16 Å². The van der Waals surface area contributed by atoms with Crippen molar-refractivity contribution in [2.45, 2.75) is 26.6 Å². The maximum atomic E-state index is 11.7. The molecule has 86 valence electrons. The summed E-state index contributed by atoms with van der Waals surface area (Å²) in [7, 11) is 0. The Balaban J connectivity index is 2.32. The summed E-state index contributed by atoms with van der Waals surface area (Å²) >= 11 is 0. The van der Waals surface area contributed by atoms with E-state index in [0.717, 1.165) is 0 Å². The highest BCUT2D eigenvalue weighted by atomic mass is 19.4. The number of aryl methyl sites for hydroxylation is 2. The maximum Gasteiger partial charge on any atom is 0.413 e. The van der Waals surface area contributed by atoms with Crippen molar-refractivity contribution in [2.75, 3.05) is 6.61 Å². The zero-order valence-electron chi connectivity index (χ0n) is 8.31. The van der Waals surface area contributed by atoms with Crippen molar-refractivity contribution in [1.82, 2.24) is 10.6 Å². The van der Waals surface area contributed by atoms with Crippen LogP contribution in [0.2, 0.25) is 0 Å². The number of rotatable bonds is 4. The molecule has 0 aliphatic rings. The van der Waals surface area contributed by atoms with Gasteiger partial charge in [-0.2, -0.15) is 18.7 Å². The van der Waals surface area contributed by atoms with E-state index in [9.17, 15) is 13.2 Å². The smallest absolute Gasteiger partial charge is 0.361 e. The summed E-state index contributed by atoms with van der Waals surface area (Å²) in [5.74, 6) is 0.565. The van der Waals surface area contributed by atoms with Gasteiger partial charge in [-0.05, 0) is 13.8 Å². The second-order valence-corrected chi connectivity index (χ2v) is 3.03. The number of alkyl halides is 3. The Bertz CT molecular complexity index is 303. The minimum absolute atomic E-state index is 0.136. The van der Waals surface area contributed by atoms with Crippen LogP contribution in [0.25, 0.3) is 0 Å². The molecule has 4 nitrogen and oxygen atoms in total. The van der Waals surface area contributed by atoms with Gasteiger partial charge in [0.05, 0.1) is 12.2 Å². The van der Waals surface area contributed by atoms with Gasteiger partial charge in [0.1, 0.15) is 5.76 Å². The van der Waals surface area contributed by atoms with Crippen LogP contribution >= 0.6 is 0 Å². The quantitative estimate of drug-likeness (QED) is 0.626. The molecule has 0 atom stereocenters. The average Bonchev–Trinajstić information content (AvgIpc) is 2.40. The van der Waals surface area contributed by atoms with Crippen LogP contribution in [0.3, 0.4) is 0 Å². The standard InChI is InChI=1S/C8H11F3N2O2/c1-5-7(6(2)15-13-5)3-12-14-4-8(9,10)11/h12H,3-4H2,1-2H3. The summed E-state index contributed by atoms with van der Waals surface area (Å²) in [5.41, 5.74) is 3.55. The summed E-state index contributed by atoms with van der Waals surface area (Å²) in [5, 5.41) is 3.65. The Hall–Kier alpha value is -1.08. The van der Waals surface area contributed by atoms with Crippen molar-refractivity contribution in [3.05, 3.63) is 17.0 Å². The molecular weight excluding hydrogens is 213 g/mol. The monoisotopic (exact) mass is 224 g/mol. The molecule has 0 aliphatic carbocycles. The van der Waals surface area contributed by atoms with Crippen molar-refractivity contribution in [3.8, 4) is 0 Å². The third-order valence-corrected chi connectivity index (χ3v) is 1.77. The predicted molar refractivity (Wildman–Crippen MR) is 44.8 cm³/mol. The predicted octanol–water partition coefficient (Wildman–Crippen LogP) is 1.87. The first-order chi connectivity index (χ1) is 6.90. The van der Waals surface area contributed by atoms with E-state index < -0.39 is 12.8 Å². The van der Waals surface area contributed by atoms with Crippen LogP contribution in [-0.4, -0.2) is 17.9 Å². The minimum atomic E-state index is -4.33. The van der Waals surface area contributed by atoms with Crippen molar-refractivity contribution in [2.24, 2.45) is 0 Å². The fourth-order valence-corrected chi connectivity index (χ4v) is 1.01. The molecule has 15 heavy (non-hydrogen) atoms. The maximum absolute atomic E-state index is 11.7. The lowest BCUT2D eigenvalue weighted by Gasteiger charge is -2.07. The number of nitrogens with zero attached hydrogens (tertiary/aromatic N) is 1. The largest absolute Gasteiger partial charge is 0.413 e. The molecular formula is C8H11F3N2O2. The lowest BCUT2D eigenvalue weighted by molar-refractivity contribution is -0.190. The molecule has 1 aromatic heterocycles. The van der Waals surface area contributed by atoms with E-state index in [1.807, 2.05) is 0 Å². The SMILES string of the molecule is Cc1noc(C)c1CNOCC(F)(F)F. The third kappa shape index (κ3) is 3.88.